The van der Waals surface area contributed by atoms with Gasteiger partial charge in [0.25, 0.3) is 11.8 Å². The van der Waals surface area contributed by atoms with Crippen LogP contribution in [0.25, 0.3) is 11.0 Å². The number of imide groups is 1. The van der Waals surface area contributed by atoms with E-state index < -0.39 is 30.0 Å². The van der Waals surface area contributed by atoms with Gasteiger partial charge in [-0.2, -0.15) is 0 Å². The molecule has 0 saturated heterocycles. The summed E-state index contributed by atoms with van der Waals surface area (Å²) in [5.41, 5.74) is 2.20. The van der Waals surface area contributed by atoms with E-state index >= 15 is 0 Å². The number of ether oxygens (including phenoxy) is 2. The SMILES string of the molecule is Cc1cc(=O)oc2cc(OCc3ccc(C(=O)OCC(=O)NC(=O)c4cccn4C)cc3)ccc12. The summed E-state index contributed by atoms with van der Waals surface area (Å²) in [6, 6.07) is 16.4. The van der Waals surface area contributed by atoms with Crippen LogP contribution in [0.4, 0.5) is 0 Å². The molecule has 4 rings (SSSR count). The third kappa shape index (κ3) is 5.64. The zero-order valence-electron chi connectivity index (χ0n) is 19.1. The summed E-state index contributed by atoms with van der Waals surface area (Å²) < 4.78 is 17.6. The van der Waals surface area contributed by atoms with Gasteiger partial charge in [0.2, 0.25) is 0 Å². The van der Waals surface area contributed by atoms with Crippen LogP contribution in [0.3, 0.4) is 0 Å². The molecule has 0 aliphatic rings. The van der Waals surface area contributed by atoms with Crippen LogP contribution in [0.1, 0.15) is 32.0 Å². The molecule has 0 bridgehead atoms. The van der Waals surface area contributed by atoms with E-state index in [1.54, 1.807) is 66.3 Å². The van der Waals surface area contributed by atoms with E-state index in [1.165, 1.54) is 6.07 Å². The summed E-state index contributed by atoms with van der Waals surface area (Å²) in [4.78, 5) is 47.8. The third-order valence-corrected chi connectivity index (χ3v) is 5.28. The molecule has 0 spiro atoms. The van der Waals surface area contributed by atoms with Gasteiger partial charge in [-0.25, -0.2) is 9.59 Å². The molecule has 2 aromatic carbocycles. The van der Waals surface area contributed by atoms with Crippen LogP contribution in [0.15, 0.2) is 76.1 Å². The maximum Gasteiger partial charge on any atom is 0.338 e. The number of aromatic nitrogens is 1. The van der Waals surface area contributed by atoms with Crippen molar-refractivity contribution in [3.8, 4) is 5.75 Å². The number of benzene rings is 2. The number of carbonyl (C=O) groups excluding carboxylic acids is 3. The topological polar surface area (TPSA) is 117 Å². The van der Waals surface area contributed by atoms with Gasteiger partial charge < -0.3 is 18.5 Å². The molecular formula is C26H22N2O7. The van der Waals surface area contributed by atoms with Crippen molar-refractivity contribution in [2.24, 2.45) is 7.05 Å². The molecule has 0 aliphatic carbocycles. The molecular weight excluding hydrogens is 452 g/mol. The van der Waals surface area contributed by atoms with Crippen molar-refractivity contribution >= 4 is 28.8 Å². The first-order valence-electron chi connectivity index (χ1n) is 10.7. The minimum absolute atomic E-state index is 0.223. The highest BCUT2D eigenvalue weighted by Gasteiger charge is 2.15. The number of nitrogens with one attached hydrogen (secondary N) is 1. The molecule has 9 heteroatoms. The Morgan fingerprint density at radius 1 is 1.03 bits per heavy atom. The predicted octanol–water partition coefficient (Wildman–Crippen LogP) is 3.13. The zero-order valence-corrected chi connectivity index (χ0v) is 19.1. The van der Waals surface area contributed by atoms with Crippen molar-refractivity contribution in [1.82, 2.24) is 9.88 Å². The predicted molar refractivity (Wildman–Crippen MR) is 126 cm³/mol. The third-order valence-electron chi connectivity index (χ3n) is 5.28. The largest absolute Gasteiger partial charge is 0.489 e. The Kier molecular flexibility index (Phi) is 6.77. The quantitative estimate of drug-likeness (QED) is 0.323. The molecule has 2 aromatic heterocycles. The lowest BCUT2D eigenvalue weighted by atomic mass is 10.1. The summed E-state index contributed by atoms with van der Waals surface area (Å²) in [6.07, 6.45) is 1.68. The van der Waals surface area contributed by atoms with Gasteiger partial charge in [-0.3, -0.25) is 14.9 Å². The molecule has 0 saturated carbocycles. The van der Waals surface area contributed by atoms with E-state index in [9.17, 15) is 19.2 Å². The van der Waals surface area contributed by atoms with Crippen molar-refractivity contribution in [3.05, 3.63) is 99.7 Å². The fourth-order valence-corrected chi connectivity index (χ4v) is 3.44. The van der Waals surface area contributed by atoms with Gasteiger partial charge in [-0.05, 0) is 54.4 Å². The maximum absolute atomic E-state index is 12.2. The molecule has 35 heavy (non-hydrogen) atoms. The molecule has 4 aromatic rings. The normalized spacial score (nSPS) is 10.7. The lowest BCUT2D eigenvalue weighted by Gasteiger charge is -2.09. The number of esters is 1. The summed E-state index contributed by atoms with van der Waals surface area (Å²) in [7, 11) is 1.68. The Balaban J connectivity index is 1.29. The van der Waals surface area contributed by atoms with E-state index in [0.717, 1.165) is 16.5 Å². The average Bonchev–Trinajstić information content (AvgIpc) is 3.27. The Labute approximate surface area is 199 Å². The Bertz CT molecular complexity index is 1470. The van der Waals surface area contributed by atoms with Crippen molar-refractivity contribution in [1.29, 1.82) is 0 Å². The van der Waals surface area contributed by atoms with Crippen molar-refractivity contribution in [2.75, 3.05) is 6.61 Å². The van der Waals surface area contributed by atoms with Gasteiger partial charge in [0.05, 0.1) is 5.56 Å². The monoisotopic (exact) mass is 474 g/mol. The van der Waals surface area contributed by atoms with E-state index in [4.69, 9.17) is 13.9 Å². The molecule has 0 fully saturated rings. The molecule has 2 amide bonds. The van der Waals surface area contributed by atoms with E-state index in [-0.39, 0.29) is 12.2 Å². The fraction of sp³-hybridized carbons (Fsp3) is 0.154. The molecule has 0 atom stereocenters. The lowest BCUT2D eigenvalue weighted by molar-refractivity contribution is -0.123. The maximum atomic E-state index is 12.2. The Hall–Kier alpha value is -4.66. The van der Waals surface area contributed by atoms with E-state index in [0.29, 0.717) is 17.0 Å². The van der Waals surface area contributed by atoms with Crippen LogP contribution in [0, 0.1) is 6.92 Å². The van der Waals surface area contributed by atoms with Gasteiger partial charge >= 0.3 is 11.6 Å². The fourth-order valence-electron chi connectivity index (χ4n) is 3.44. The second-order valence-corrected chi connectivity index (χ2v) is 7.85. The smallest absolute Gasteiger partial charge is 0.338 e. The van der Waals surface area contributed by atoms with Crippen LogP contribution < -0.4 is 15.7 Å². The molecule has 0 aliphatic heterocycles. The number of hydrogen-bond donors (Lipinski definition) is 1. The molecule has 0 unspecified atom stereocenters. The molecule has 1 N–H and O–H groups in total. The van der Waals surface area contributed by atoms with Crippen LogP contribution in [0.5, 0.6) is 5.75 Å². The number of amides is 2. The van der Waals surface area contributed by atoms with Crippen LogP contribution in [0.2, 0.25) is 0 Å². The summed E-state index contributed by atoms with van der Waals surface area (Å²) in [5.74, 6) is -1.47. The van der Waals surface area contributed by atoms with E-state index in [1.807, 2.05) is 13.0 Å². The minimum Gasteiger partial charge on any atom is -0.489 e. The highest BCUT2D eigenvalue weighted by Crippen LogP contribution is 2.23. The lowest BCUT2D eigenvalue weighted by Crippen LogP contribution is -2.35. The van der Waals surface area contributed by atoms with Gasteiger partial charge in [-0.1, -0.05) is 12.1 Å². The van der Waals surface area contributed by atoms with Crippen molar-refractivity contribution in [2.45, 2.75) is 13.5 Å². The first-order valence-corrected chi connectivity index (χ1v) is 10.7. The highest BCUT2D eigenvalue weighted by molar-refractivity contribution is 6.04. The number of fused-ring (bicyclic) bond motifs is 1. The molecule has 9 nitrogen and oxygen atoms in total. The second-order valence-electron chi connectivity index (χ2n) is 7.85. The van der Waals surface area contributed by atoms with Crippen molar-refractivity contribution in [3.63, 3.8) is 0 Å². The van der Waals surface area contributed by atoms with Crippen LogP contribution in [-0.2, 0) is 23.2 Å². The van der Waals surface area contributed by atoms with Gasteiger partial charge in [-0.15, -0.1) is 0 Å². The summed E-state index contributed by atoms with van der Waals surface area (Å²) in [5, 5.41) is 3.00. The van der Waals surface area contributed by atoms with Gasteiger partial charge in [0.1, 0.15) is 23.6 Å². The zero-order chi connectivity index (χ0) is 24.9. The Morgan fingerprint density at radius 3 is 2.51 bits per heavy atom. The number of hydrogen-bond acceptors (Lipinski definition) is 7. The number of carbonyl (C=O) groups is 3. The first-order chi connectivity index (χ1) is 16.8. The van der Waals surface area contributed by atoms with Gasteiger partial charge in [0.15, 0.2) is 6.61 Å². The molecule has 0 radical (unpaired) electrons. The highest BCUT2D eigenvalue weighted by atomic mass is 16.5. The van der Waals surface area contributed by atoms with E-state index in [2.05, 4.69) is 5.32 Å². The number of nitrogens with zero attached hydrogens (tertiary/aromatic N) is 1. The van der Waals surface area contributed by atoms with Gasteiger partial charge in [0, 0.05) is 30.8 Å². The number of aryl methyl sites for hydroxylation is 2. The first kappa shape index (κ1) is 23.5. The molecule has 2 heterocycles. The summed E-state index contributed by atoms with van der Waals surface area (Å²) >= 11 is 0. The average molecular weight is 474 g/mol. The summed E-state index contributed by atoms with van der Waals surface area (Å²) in [6.45, 7) is 1.47. The Morgan fingerprint density at radius 2 is 1.80 bits per heavy atom. The standard InChI is InChI=1S/C26H22N2O7/c1-16-12-24(30)35-22-13-19(9-10-20(16)22)33-14-17-5-7-18(8-6-17)26(32)34-15-23(29)27-25(31)21-4-3-11-28(21)2/h3-13H,14-15H2,1-2H3,(H,27,29,31). The number of rotatable bonds is 7. The van der Waals surface area contributed by atoms with Crippen LogP contribution in [-0.4, -0.2) is 29.0 Å². The molecule has 178 valence electrons. The van der Waals surface area contributed by atoms with Crippen molar-refractivity contribution < 1.29 is 28.3 Å². The minimum atomic E-state index is -0.726. The van der Waals surface area contributed by atoms with Crippen LogP contribution >= 0.6 is 0 Å². The second kappa shape index (κ2) is 10.1.